The number of allylic oxidation sites excluding steroid dienone is 1. The number of carbonyl (C=O) groups is 1. The highest BCUT2D eigenvalue weighted by molar-refractivity contribution is 5.85. The van der Waals surface area contributed by atoms with E-state index in [1.807, 2.05) is 0 Å². The summed E-state index contributed by atoms with van der Waals surface area (Å²) in [5, 5.41) is 21.4. The summed E-state index contributed by atoms with van der Waals surface area (Å²) in [6.07, 6.45) is 8.04. The van der Waals surface area contributed by atoms with Gasteiger partial charge < -0.3 is 9.84 Å². The lowest BCUT2D eigenvalue weighted by atomic mass is 9.43. The molecule has 7 atom stereocenters. The van der Waals surface area contributed by atoms with E-state index in [2.05, 4.69) is 39.8 Å². The zero-order valence-electron chi connectivity index (χ0n) is 17.8. The Morgan fingerprint density at radius 1 is 1.39 bits per heavy atom. The molecule has 4 bridgehead atoms. The maximum absolute atomic E-state index is 13.2. The maximum atomic E-state index is 13.2. The van der Waals surface area contributed by atoms with Crippen molar-refractivity contribution in [2.75, 3.05) is 13.2 Å². The topological polar surface area (TPSA) is 70.3 Å². The van der Waals surface area contributed by atoms with E-state index in [9.17, 15) is 15.2 Å². The SMILES string of the molecule is CCCCOC[C@]12CC3C(C)CCC3[C@@]3(C#N)CC1C=C(C(C)C)C23C(=O)O. The van der Waals surface area contributed by atoms with Gasteiger partial charge in [0.05, 0.1) is 18.1 Å². The largest absolute Gasteiger partial charge is 0.481 e. The van der Waals surface area contributed by atoms with E-state index in [4.69, 9.17) is 4.74 Å². The van der Waals surface area contributed by atoms with Gasteiger partial charge in [0.25, 0.3) is 0 Å². The first-order valence-corrected chi connectivity index (χ1v) is 11.3. The summed E-state index contributed by atoms with van der Waals surface area (Å²) >= 11 is 0. The number of unbranched alkanes of at least 4 members (excludes halogenated alkanes) is 1. The van der Waals surface area contributed by atoms with Gasteiger partial charge in [0, 0.05) is 12.0 Å². The van der Waals surface area contributed by atoms with Crippen molar-refractivity contribution in [3.63, 3.8) is 0 Å². The van der Waals surface area contributed by atoms with E-state index in [1.165, 1.54) is 0 Å². The van der Waals surface area contributed by atoms with Crippen LogP contribution in [0.25, 0.3) is 0 Å². The number of aliphatic carboxylic acids is 1. The fraction of sp³-hybridized carbons (Fsp3) is 0.833. The molecule has 0 radical (unpaired) electrons. The Morgan fingerprint density at radius 2 is 2.14 bits per heavy atom. The van der Waals surface area contributed by atoms with Gasteiger partial charge in [-0.3, -0.25) is 4.79 Å². The zero-order valence-corrected chi connectivity index (χ0v) is 17.8. The molecule has 4 aliphatic rings. The van der Waals surface area contributed by atoms with Crippen molar-refractivity contribution < 1.29 is 14.6 Å². The minimum atomic E-state index is -1.08. The Labute approximate surface area is 169 Å². The van der Waals surface area contributed by atoms with Crippen LogP contribution in [0.2, 0.25) is 0 Å². The van der Waals surface area contributed by atoms with Gasteiger partial charge >= 0.3 is 5.97 Å². The molecule has 0 saturated heterocycles. The Balaban J connectivity index is 1.88. The lowest BCUT2D eigenvalue weighted by molar-refractivity contribution is -0.179. The van der Waals surface area contributed by atoms with Gasteiger partial charge in [0.2, 0.25) is 0 Å². The lowest BCUT2D eigenvalue weighted by Gasteiger charge is -2.57. The highest BCUT2D eigenvalue weighted by Crippen LogP contribution is 2.83. The molecule has 0 aromatic rings. The van der Waals surface area contributed by atoms with E-state index < -0.39 is 22.2 Å². The number of fused-ring (bicyclic) bond motifs is 2. The predicted molar refractivity (Wildman–Crippen MR) is 107 cm³/mol. The fourth-order valence-corrected chi connectivity index (χ4v) is 8.04. The van der Waals surface area contributed by atoms with Gasteiger partial charge in [0.1, 0.15) is 5.41 Å². The van der Waals surface area contributed by atoms with Crippen molar-refractivity contribution in [1.29, 1.82) is 5.26 Å². The number of rotatable bonds is 7. The second kappa shape index (κ2) is 6.59. The van der Waals surface area contributed by atoms with Crippen LogP contribution in [-0.4, -0.2) is 24.3 Å². The van der Waals surface area contributed by atoms with Crippen LogP contribution < -0.4 is 0 Å². The molecular weight excluding hydrogens is 350 g/mol. The second-order valence-corrected chi connectivity index (χ2v) is 10.3. The van der Waals surface area contributed by atoms with Crippen LogP contribution >= 0.6 is 0 Å². The minimum absolute atomic E-state index is 0.138. The third kappa shape index (κ3) is 2.07. The van der Waals surface area contributed by atoms with Crippen molar-refractivity contribution in [3.05, 3.63) is 11.6 Å². The van der Waals surface area contributed by atoms with Crippen molar-refractivity contribution in [3.8, 4) is 6.07 Å². The van der Waals surface area contributed by atoms with Crippen molar-refractivity contribution in [1.82, 2.24) is 0 Å². The molecule has 1 N–H and O–H groups in total. The molecule has 4 rings (SSSR count). The molecule has 4 aliphatic carbocycles. The standard InChI is InChI=1S/C24H35NO3/c1-5-6-9-28-14-23-12-18-16(4)7-8-19(18)22(13-25)11-17(23)10-20(15(2)3)24(22,23)21(26)27/h10,15-19H,5-9,11-12,14H2,1-4H3,(H,26,27)/t16?,17?,18?,19?,22-,23+,24?/m0/s1. The van der Waals surface area contributed by atoms with Crippen LogP contribution in [0.3, 0.4) is 0 Å². The molecule has 3 saturated carbocycles. The monoisotopic (exact) mass is 385 g/mol. The summed E-state index contributed by atoms with van der Waals surface area (Å²) < 4.78 is 6.19. The van der Waals surface area contributed by atoms with Gasteiger partial charge in [0.15, 0.2) is 0 Å². The molecule has 154 valence electrons. The molecule has 0 heterocycles. The minimum Gasteiger partial charge on any atom is -0.481 e. The summed E-state index contributed by atoms with van der Waals surface area (Å²) in [5.74, 6) is 0.746. The Kier molecular flexibility index (Phi) is 4.70. The molecule has 5 unspecified atom stereocenters. The van der Waals surface area contributed by atoms with Crippen LogP contribution in [0.1, 0.15) is 66.2 Å². The molecule has 0 amide bonds. The van der Waals surface area contributed by atoms with Gasteiger partial charge in [-0.15, -0.1) is 0 Å². The number of nitrogens with zero attached hydrogens (tertiary/aromatic N) is 1. The number of hydrogen-bond donors (Lipinski definition) is 1. The molecule has 0 aromatic heterocycles. The average molecular weight is 386 g/mol. The summed E-state index contributed by atoms with van der Waals surface area (Å²) in [6, 6.07) is 2.69. The van der Waals surface area contributed by atoms with Crippen molar-refractivity contribution in [2.45, 2.75) is 66.2 Å². The first kappa shape index (κ1) is 20.0. The zero-order chi connectivity index (χ0) is 20.3. The van der Waals surface area contributed by atoms with Crippen LogP contribution in [0, 0.1) is 57.2 Å². The fourth-order valence-electron chi connectivity index (χ4n) is 8.04. The van der Waals surface area contributed by atoms with Gasteiger partial charge in [-0.1, -0.05) is 52.2 Å². The first-order valence-electron chi connectivity index (χ1n) is 11.3. The molecule has 0 aromatic carbocycles. The molecule has 4 nitrogen and oxygen atoms in total. The van der Waals surface area contributed by atoms with E-state index in [1.54, 1.807) is 0 Å². The number of ether oxygens (including phenoxy) is 1. The Morgan fingerprint density at radius 3 is 2.75 bits per heavy atom. The third-order valence-electron chi connectivity index (χ3n) is 9.04. The quantitative estimate of drug-likeness (QED) is 0.491. The van der Waals surface area contributed by atoms with Crippen molar-refractivity contribution >= 4 is 5.97 Å². The summed E-state index contributed by atoms with van der Waals surface area (Å²) in [5.41, 5.74) is -1.30. The predicted octanol–water partition coefficient (Wildman–Crippen LogP) is 5.05. The van der Waals surface area contributed by atoms with Crippen LogP contribution in [0.15, 0.2) is 11.6 Å². The van der Waals surface area contributed by atoms with Gasteiger partial charge in [-0.05, 0) is 55.3 Å². The number of hydrogen-bond acceptors (Lipinski definition) is 3. The molecule has 0 aliphatic heterocycles. The highest BCUT2D eigenvalue weighted by Gasteiger charge is 2.84. The Bertz CT molecular complexity index is 737. The van der Waals surface area contributed by atoms with Crippen LogP contribution in [0.5, 0.6) is 0 Å². The number of carboxylic acids is 1. The summed E-state index contributed by atoms with van der Waals surface area (Å²) in [7, 11) is 0. The van der Waals surface area contributed by atoms with E-state index in [-0.39, 0.29) is 17.8 Å². The Hall–Kier alpha value is -1.34. The number of nitriles is 1. The summed E-state index contributed by atoms with van der Waals surface area (Å²) in [6.45, 7) is 9.80. The van der Waals surface area contributed by atoms with Gasteiger partial charge in [-0.2, -0.15) is 5.26 Å². The maximum Gasteiger partial charge on any atom is 0.316 e. The van der Waals surface area contributed by atoms with E-state index in [0.717, 1.165) is 37.7 Å². The normalized spacial score (nSPS) is 45.8. The second-order valence-electron chi connectivity index (χ2n) is 10.3. The van der Waals surface area contributed by atoms with Crippen LogP contribution in [0.4, 0.5) is 0 Å². The average Bonchev–Trinajstić information content (AvgIpc) is 3.22. The smallest absolute Gasteiger partial charge is 0.316 e. The van der Waals surface area contributed by atoms with E-state index in [0.29, 0.717) is 31.5 Å². The summed E-state index contributed by atoms with van der Waals surface area (Å²) in [4.78, 5) is 13.2. The van der Waals surface area contributed by atoms with E-state index >= 15 is 0 Å². The highest BCUT2D eigenvalue weighted by atomic mass is 16.5. The molecule has 3 fully saturated rings. The number of carboxylic acid groups (broad SMARTS) is 1. The van der Waals surface area contributed by atoms with Crippen molar-refractivity contribution in [2.24, 2.45) is 45.8 Å². The molecule has 4 heteroatoms. The lowest BCUT2D eigenvalue weighted by Crippen LogP contribution is -2.62. The third-order valence-corrected chi connectivity index (χ3v) is 9.04. The first-order chi connectivity index (χ1) is 13.3. The molecule has 0 spiro atoms. The molecular formula is C24H35NO3. The van der Waals surface area contributed by atoms with Gasteiger partial charge in [-0.25, -0.2) is 0 Å². The molecule has 28 heavy (non-hydrogen) atoms. The van der Waals surface area contributed by atoms with Crippen LogP contribution in [-0.2, 0) is 9.53 Å².